The Bertz CT molecular complexity index is 1040. The van der Waals surface area contributed by atoms with E-state index in [4.69, 9.17) is 16.3 Å². The third-order valence-corrected chi connectivity index (χ3v) is 7.30. The van der Waals surface area contributed by atoms with Gasteiger partial charge in [-0.1, -0.05) is 23.7 Å². The number of amides is 3. The quantitative estimate of drug-likeness (QED) is 0.654. The van der Waals surface area contributed by atoms with Gasteiger partial charge in [0.15, 0.2) is 0 Å². The number of hydrogen-bond donors (Lipinski definition) is 1. The molecule has 0 unspecified atom stereocenters. The van der Waals surface area contributed by atoms with Crippen LogP contribution in [0.4, 0.5) is 0 Å². The van der Waals surface area contributed by atoms with Crippen LogP contribution in [0.5, 0.6) is 5.75 Å². The summed E-state index contributed by atoms with van der Waals surface area (Å²) < 4.78 is 5.17. The smallest absolute Gasteiger partial charge is 0.253 e. The molecule has 0 saturated carbocycles. The first-order valence-corrected chi connectivity index (χ1v) is 12.6. The highest BCUT2D eigenvalue weighted by Crippen LogP contribution is 2.26. The molecule has 0 aromatic heterocycles. The van der Waals surface area contributed by atoms with E-state index >= 15 is 0 Å². The lowest BCUT2D eigenvalue weighted by Gasteiger charge is -2.38. The molecular weight excluding hydrogens is 466 g/mol. The fourth-order valence-electron chi connectivity index (χ4n) is 4.91. The molecule has 3 amide bonds. The van der Waals surface area contributed by atoms with Crippen LogP contribution in [0.25, 0.3) is 0 Å². The molecule has 2 fully saturated rings. The Morgan fingerprint density at radius 1 is 0.914 bits per heavy atom. The van der Waals surface area contributed by atoms with Crippen molar-refractivity contribution in [2.75, 3.05) is 33.3 Å². The van der Waals surface area contributed by atoms with Gasteiger partial charge in [0.25, 0.3) is 11.8 Å². The van der Waals surface area contributed by atoms with E-state index in [1.807, 2.05) is 9.80 Å². The highest BCUT2D eigenvalue weighted by molar-refractivity contribution is 6.33. The molecule has 0 spiro atoms. The zero-order chi connectivity index (χ0) is 24.8. The first kappa shape index (κ1) is 25.0. The lowest BCUT2D eigenvalue weighted by Crippen LogP contribution is -2.55. The fraction of sp³-hybridized carbons (Fsp3) is 0.444. The Hall–Kier alpha value is -3.06. The number of carbonyl (C=O) groups is 3. The van der Waals surface area contributed by atoms with Crippen LogP contribution in [0.2, 0.25) is 5.02 Å². The summed E-state index contributed by atoms with van der Waals surface area (Å²) in [7, 11) is 1.59. The molecule has 2 aromatic rings. The van der Waals surface area contributed by atoms with E-state index in [9.17, 15) is 14.4 Å². The molecule has 35 heavy (non-hydrogen) atoms. The largest absolute Gasteiger partial charge is 0.497 e. The van der Waals surface area contributed by atoms with E-state index in [2.05, 4.69) is 5.32 Å². The summed E-state index contributed by atoms with van der Waals surface area (Å²) in [6, 6.07) is 13.3. The van der Waals surface area contributed by atoms with Crippen LogP contribution in [0.15, 0.2) is 48.5 Å². The van der Waals surface area contributed by atoms with Crippen molar-refractivity contribution in [3.63, 3.8) is 0 Å². The molecule has 186 valence electrons. The minimum Gasteiger partial charge on any atom is -0.497 e. The first-order chi connectivity index (χ1) is 17.0. The second kappa shape index (κ2) is 11.6. The van der Waals surface area contributed by atoms with Crippen LogP contribution >= 0.6 is 11.6 Å². The molecule has 1 atom stereocenters. The number of nitrogens with one attached hydrogen (secondary N) is 1. The molecule has 2 aliphatic heterocycles. The summed E-state index contributed by atoms with van der Waals surface area (Å²) >= 11 is 6.24. The molecular formula is C27H32ClN3O4. The molecule has 0 radical (unpaired) electrons. The number of carbonyl (C=O) groups excluding carboxylic acids is 3. The van der Waals surface area contributed by atoms with E-state index in [1.54, 1.807) is 55.6 Å². The first-order valence-electron chi connectivity index (χ1n) is 12.3. The van der Waals surface area contributed by atoms with Crippen molar-refractivity contribution in [2.24, 2.45) is 5.92 Å². The van der Waals surface area contributed by atoms with Gasteiger partial charge in [-0.25, -0.2) is 0 Å². The highest BCUT2D eigenvalue weighted by Gasteiger charge is 2.36. The average molecular weight is 498 g/mol. The van der Waals surface area contributed by atoms with Crippen molar-refractivity contribution in [1.29, 1.82) is 0 Å². The third-order valence-electron chi connectivity index (χ3n) is 6.97. The molecule has 0 aliphatic carbocycles. The number of likely N-dealkylation sites (tertiary alicyclic amines) is 2. The normalized spacial score (nSPS) is 17.5. The molecule has 2 saturated heterocycles. The lowest BCUT2D eigenvalue weighted by atomic mass is 9.87. The van der Waals surface area contributed by atoms with Crippen molar-refractivity contribution in [3.05, 3.63) is 64.7 Å². The van der Waals surface area contributed by atoms with Gasteiger partial charge in [0.2, 0.25) is 5.91 Å². The summed E-state index contributed by atoms with van der Waals surface area (Å²) in [5.74, 6) is 0.224. The maximum atomic E-state index is 13.5. The van der Waals surface area contributed by atoms with E-state index < -0.39 is 6.04 Å². The van der Waals surface area contributed by atoms with Crippen molar-refractivity contribution < 1.29 is 19.1 Å². The molecule has 0 bridgehead atoms. The summed E-state index contributed by atoms with van der Waals surface area (Å²) in [5, 5.41) is 3.35. The zero-order valence-electron chi connectivity index (χ0n) is 20.0. The van der Waals surface area contributed by atoms with Crippen molar-refractivity contribution in [2.45, 2.75) is 38.1 Å². The maximum absolute atomic E-state index is 13.5. The summed E-state index contributed by atoms with van der Waals surface area (Å²) in [6.07, 6.45) is 4.34. The van der Waals surface area contributed by atoms with E-state index in [1.165, 1.54) is 0 Å². The molecule has 1 N–H and O–H groups in total. The van der Waals surface area contributed by atoms with Gasteiger partial charge in [-0.2, -0.15) is 0 Å². The van der Waals surface area contributed by atoms with Crippen molar-refractivity contribution in [3.8, 4) is 5.75 Å². The number of benzene rings is 2. The molecule has 2 aliphatic rings. The lowest BCUT2D eigenvalue weighted by molar-refractivity contribution is -0.136. The summed E-state index contributed by atoms with van der Waals surface area (Å²) in [4.78, 5) is 43.3. The Morgan fingerprint density at radius 3 is 2.20 bits per heavy atom. The van der Waals surface area contributed by atoms with Crippen LogP contribution in [-0.2, 0) is 4.79 Å². The fourth-order valence-corrected chi connectivity index (χ4v) is 5.13. The van der Waals surface area contributed by atoms with Gasteiger partial charge in [0.05, 0.1) is 17.7 Å². The van der Waals surface area contributed by atoms with Crippen LogP contribution in [0.1, 0.15) is 52.8 Å². The number of hydrogen-bond acceptors (Lipinski definition) is 4. The number of piperidine rings is 2. The van der Waals surface area contributed by atoms with E-state index in [0.29, 0.717) is 60.9 Å². The number of ether oxygens (including phenoxy) is 1. The summed E-state index contributed by atoms with van der Waals surface area (Å²) in [6.45, 7) is 2.49. The Kier molecular flexibility index (Phi) is 8.29. The van der Waals surface area contributed by atoms with Gasteiger partial charge >= 0.3 is 0 Å². The molecule has 2 heterocycles. The van der Waals surface area contributed by atoms with E-state index in [0.717, 1.165) is 19.3 Å². The van der Waals surface area contributed by atoms with E-state index in [-0.39, 0.29) is 23.6 Å². The predicted molar refractivity (Wildman–Crippen MR) is 135 cm³/mol. The number of methoxy groups -OCH3 is 1. The number of nitrogens with zero attached hydrogens (tertiary/aromatic N) is 2. The van der Waals surface area contributed by atoms with Gasteiger partial charge in [0.1, 0.15) is 11.8 Å². The average Bonchev–Trinajstić information content (AvgIpc) is 2.91. The Balaban J connectivity index is 1.46. The van der Waals surface area contributed by atoms with Gasteiger partial charge in [-0.3, -0.25) is 14.4 Å². The van der Waals surface area contributed by atoms with Gasteiger partial charge in [-0.05, 0) is 74.4 Å². The monoisotopic (exact) mass is 497 g/mol. The molecule has 7 nitrogen and oxygen atoms in total. The summed E-state index contributed by atoms with van der Waals surface area (Å²) in [5.41, 5.74) is 0.968. The second-order valence-electron chi connectivity index (χ2n) is 9.18. The molecule has 8 heteroatoms. The Morgan fingerprint density at radius 2 is 1.57 bits per heavy atom. The van der Waals surface area contributed by atoms with Crippen LogP contribution < -0.4 is 10.1 Å². The minimum absolute atomic E-state index is 0.0369. The third kappa shape index (κ3) is 5.96. The zero-order valence-corrected chi connectivity index (χ0v) is 20.8. The SMILES string of the molecule is COc1ccc(C(=O)N2CCC([C@@H](NC(=O)c3ccccc3Cl)C(=O)N3CCCCC3)CC2)cc1. The van der Waals surface area contributed by atoms with Gasteiger partial charge in [-0.15, -0.1) is 0 Å². The topological polar surface area (TPSA) is 79.0 Å². The molecule has 2 aromatic carbocycles. The van der Waals surface area contributed by atoms with Crippen LogP contribution in [0, 0.1) is 5.92 Å². The van der Waals surface area contributed by atoms with Gasteiger partial charge in [0, 0.05) is 31.7 Å². The second-order valence-corrected chi connectivity index (χ2v) is 9.58. The van der Waals surface area contributed by atoms with Gasteiger partial charge < -0.3 is 19.9 Å². The predicted octanol–water partition coefficient (Wildman–Crippen LogP) is 4.01. The Labute approximate surface area is 211 Å². The highest BCUT2D eigenvalue weighted by atomic mass is 35.5. The molecule has 4 rings (SSSR count). The van der Waals surface area contributed by atoms with Crippen molar-refractivity contribution >= 4 is 29.3 Å². The number of halogens is 1. The van der Waals surface area contributed by atoms with Crippen LogP contribution in [-0.4, -0.2) is 66.9 Å². The minimum atomic E-state index is -0.643. The maximum Gasteiger partial charge on any atom is 0.253 e. The van der Waals surface area contributed by atoms with Crippen LogP contribution in [0.3, 0.4) is 0 Å². The number of rotatable bonds is 6. The standard InChI is InChI=1S/C27H32ClN3O4/c1-35-21-11-9-20(10-12-21)26(33)31-17-13-19(14-18-31)24(27(34)30-15-5-2-6-16-30)29-25(32)22-7-3-4-8-23(22)28/h3-4,7-12,19,24H,2,5-6,13-18H2,1H3,(H,29,32)/t24-/m1/s1. The van der Waals surface area contributed by atoms with Crippen molar-refractivity contribution in [1.82, 2.24) is 15.1 Å².